The lowest BCUT2D eigenvalue weighted by atomic mass is 10.2. The summed E-state index contributed by atoms with van der Waals surface area (Å²) in [6.45, 7) is 3.66. The molecule has 1 aromatic rings. The second-order valence-electron chi connectivity index (χ2n) is 4.08. The number of rotatable bonds is 4. The molecule has 0 bridgehead atoms. The van der Waals surface area contributed by atoms with Crippen LogP contribution in [0.4, 0.5) is 0 Å². The van der Waals surface area contributed by atoms with Crippen LogP contribution in [0.5, 0.6) is 0 Å². The smallest absolute Gasteiger partial charge is 0.166 e. The van der Waals surface area contributed by atoms with E-state index in [9.17, 15) is 0 Å². The van der Waals surface area contributed by atoms with E-state index >= 15 is 0 Å². The van der Waals surface area contributed by atoms with Crippen LogP contribution in [-0.4, -0.2) is 27.5 Å². The molecule has 15 heavy (non-hydrogen) atoms. The fourth-order valence-electron chi connectivity index (χ4n) is 1.77. The van der Waals surface area contributed by atoms with Gasteiger partial charge in [0.15, 0.2) is 5.82 Å². The Labute approximate surface area is 89.6 Å². The zero-order valence-corrected chi connectivity index (χ0v) is 9.09. The van der Waals surface area contributed by atoms with Gasteiger partial charge in [0.2, 0.25) is 0 Å². The average molecular weight is 210 g/mol. The first kappa shape index (κ1) is 10.6. The molecule has 0 aromatic carbocycles. The van der Waals surface area contributed by atoms with Gasteiger partial charge in [-0.15, -0.1) is 0 Å². The maximum Gasteiger partial charge on any atom is 0.166 e. The third-order valence-corrected chi connectivity index (χ3v) is 2.67. The summed E-state index contributed by atoms with van der Waals surface area (Å²) in [7, 11) is 0. The Morgan fingerprint density at radius 1 is 1.73 bits per heavy atom. The van der Waals surface area contributed by atoms with Crippen LogP contribution in [-0.2, 0) is 11.3 Å². The lowest BCUT2D eigenvalue weighted by Crippen LogP contribution is -2.12. The van der Waals surface area contributed by atoms with Crippen molar-refractivity contribution in [3.8, 4) is 0 Å². The first-order valence-electron chi connectivity index (χ1n) is 5.52. The van der Waals surface area contributed by atoms with Gasteiger partial charge in [-0.25, -0.2) is 4.98 Å². The predicted molar refractivity (Wildman–Crippen MR) is 56.2 cm³/mol. The Hall–Kier alpha value is -0.940. The van der Waals surface area contributed by atoms with E-state index in [2.05, 4.69) is 10.1 Å². The molecule has 0 amide bonds. The molecule has 0 aliphatic carbocycles. The van der Waals surface area contributed by atoms with Crippen molar-refractivity contribution in [2.24, 2.45) is 5.73 Å². The van der Waals surface area contributed by atoms with E-state index in [1.807, 2.05) is 11.6 Å². The van der Waals surface area contributed by atoms with E-state index in [0.29, 0.717) is 11.9 Å². The third-order valence-electron chi connectivity index (χ3n) is 2.67. The molecule has 5 nitrogen and oxygen atoms in total. The molecule has 0 spiro atoms. The summed E-state index contributed by atoms with van der Waals surface area (Å²) < 4.78 is 7.39. The highest BCUT2D eigenvalue weighted by atomic mass is 16.5. The SMILES string of the molecule is CC(N)c1ncn(CCC2CCCO2)n1. The first-order chi connectivity index (χ1) is 7.25. The summed E-state index contributed by atoms with van der Waals surface area (Å²) in [5, 5.41) is 4.30. The second-order valence-corrected chi connectivity index (χ2v) is 4.08. The zero-order valence-electron chi connectivity index (χ0n) is 9.09. The number of aromatic nitrogens is 3. The van der Waals surface area contributed by atoms with Gasteiger partial charge in [0, 0.05) is 13.2 Å². The van der Waals surface area contributed by atoms with E-state index < -0.39 is 0 Å². The van der Waals surface area contributed by atoms with Gasteiger partial charge in [-0.1, -0.05) is 0 Å². The lowest BCUT2D eigenvalue weighted by Gasteiger charge is -2.08. The van der Waals surface area contributed by atoms with Crippen LogP contribution in [0.3, 0.4) is 0 Å². The summed E-state index contributed by atoms with van der Waals surface area (Å²) >= 11 is 0. The molecule has 1 aliphatic heterocycles. The van der Waals surface area contributed by atoms with Gasteiger partial charge in [-0.05, 0) is 26.2 Å². The van der Waals surface area contributed by atoms with Crippen molar-refractivity contribution in [3.05, 3.63) is 12.2 Å². The van der Waals surface area contributed by atoms with Gasteiger partial charge in [0.05, 0.1) is 12.1 Å². The summed E-state index contributed by atoms with van der Waals surface area (Å²) in [6, 6.07) is -0.0889. The van der Waals surface area contributed by atoms with Crippen molar-refractivity contribution in [3.63, 3.8) is 0 Å². The number of hydrogen-bond donors (Lipinski definition) is 1. The Balaban J connectivity index is 1.82. The molecule has 5 heteroatoms. The van der Waals surface area contributed by atoms with Gasteiger partial charge < -0.3 is 10.5 Å². The minimum atomic E-state index is -0.0889. The number of aryl methyl sites for hydroxylation is 1. The van der Waals surface area contributed by atoms with E-state index in [1.165, 1.54) is 12.8 Å². The normalized spacial score (nSPS) is 23.2. The van der Waals surface area contributed by atoms with Crippen molar-refractivity contribution in [2.75, 3.05) is 6.61 Å². The van der Waals surface area contributed by atoms with Crippen LogP contribution in [0.2, 0.25) is 0 Å². The van der Waals surface area contributed by atoms with Gasteiger partial charge in [-0.3, -0.25) is 4.68 Å². The summed E-state index contributed by atoms with van der Waals surface area (Å²) in [5.41, 5.74) is 5.68. The molecule has 1 saturated heterocycles. The fraction of sp³-hybridized carbons (Fsp3) is 0.800. The molecule has 2 atom stereocenters. The van der Waals surface area contributed by atoms with Crippen LogP contribution in [0, 0.1) is 0 Å². The molecule has 2 heterocycles. The van der Waals surface area contributed by atoms with Crippen molar-refractivity contribution in [1.29, 1.82) is 0 Å². The summed E-state index contributed by atoms with van der Waals surface area (Å²) in [6.07, 6.45) is 5.53. The zero-order chi connectivity index (χ0) is 10.7. The molecule has 0 radical (unpaired) electrons. The Bertz CT molecular complexity index is 304. The van der Waals surface area contributed by atoms with Crippen LogP contribution >= 0.6 is 0 Å². The molecule has 2 N–H and O–H groups in total. The Morgan fingerprint density at radius 3 is 3.20 bits per heavy atom. The summed E-state index contributed by atoms with van der Waals surface area (Å²) in [4.78, 5) is 4.15. The fourth-order valence-corrected chi connectivity index (χ4v) is 1.77. The van der Waals surface area contributed by atoms with Gasteiger partial charge in [-0.2, -0.15) is 5.10 Å². The van der Waals surface area contributed by atoms with Crippen molar-refractivity contribution < 1.29 is 4.74 Å². The summed E-state index contributed by atoms with van der Waals surface area (Å²) in [5.74, 6) is 0.711. The molecule has 2 rings (SSSR count). The largest absolute Gasteiger partial charge is 0.378 e. The maximum atomic E-state index is 5.68. The number of hydrogen-bond acceptors (Lipinski definition) is 4. The highest BCUT2D eigenvalue weighted by Crippen LogP contribution is 2.15. The van der Waals surface area contributed by atoms with E-state index in [-0.39, 0.29) is 6.04 Å². The molecule has 1 fully saturated rings. The standard InChI is InChI=1S/C10H18N4O/c1-8(11)10-12-7-14(13-10)5-4-9-3-2-6-15-9/h7-9H,2-6,11H2,1H3. The predicted octanol–water partition coefficient (Wildman–Crippen LogP) is 0.867. The number of nitrogens with zero attached hydrogens (tertiary/aromatic N) is 3. The van der Waals surface area contributed by atoms with Gasteiger partial charge in [0.25, 0.3) is 0 Å². The molecular weight excluding hydrogens is 192 g/mol. The van der Waals surface area contributed by atoms with Crippen LogP contribution in [0.15, 0.2) is 6.33 Å². The van der Waals surface area contributed by atoms with E-state index in [1.54, 1.807) is 6.33 Å². The lowest BCUT2D eigenvalue weighted by molar-refractivity contribution is 0.0994. The monoisotopic (exact) mass is 210 g/mol. The number of nitrogens with two attached hydrogens (primary N) is 1. The molecule has 2 unspecified atom stereocenters. The maximum absolute atomic E-state index is 5.68. The molecule has 1 aliphatic rings. The van der Waals surface area contributed by atoms with Crippen molar-refractivity contribution >= 4 is 0 Å². The quantitative estimate of drug-likeness (QED) is 0.800. The average Bonchev–Trinajstić information content (AvgIpc) is 2.86. The highest BCUT2D eigenvalue weighted by Gasteiger charge is 2.15. The number of ether oxygens (including phenoxy) is 1. The minimum Gasteiger partial charge on any atom is -0.378 e. The molecule has 84 valence electrons. The Morgan fingerprint density at radius 2 is 2.60 bits per heavy atom. The topological polar surface area (TPSA) is 66.0 Å². The van der Waals surface area contributed by atoms with Crippen LogP contribution < -0.4 is 5.73 Å². The molecule has 1 aromatic heterocycles. The van der Waals surface area contributed by atoms with Crippen LogP contribution in [0.1, 0.15) is 38.1 Å². The van der Waals surface area contributed by atoms with Gasteiger partial charge >= 0.3 is 0 Å². The highest BCUT2D eigenvalue weighted by molar-refractivity contribution is 4.87. The minimum absolute atomic E-state index is 0.0889. The second kappa shape index (κ2) is 4.72. The molecular formula is C10H18N4O. The molecule has 0 saturated carbocycles. The Kier molecular flexibility index (Phi) is 3.33. The van der Waals surface area contributed by atoms with E-state index in [0.717, 1.165) is 19.6 Å². The van der Waals surface area contributed by atoms with Crippen LogP contribution in [0.25, 0.3) is 0 Å². The third kappa shape index (κ3) is 2.76. The first-order valence-corrected chi connectivity index (χ1v) is 5.52. The van der Waals surface area contributed by atoms with Crippen molar-refractivity contribution in [1.82, 2.24) is 14.8 Å². The van der Waals surface area contributed by atoms with E-state index in [4.69, 9.17) is 10.5 Å². The van der Waals surface area contributed by atoms with Gasteiger partial charge in [0.1, 0.15) is 6.33 Å². The van der Waals surface area contributed by atoms with Crippen molar-refractivity contribution in [2.45, 2.75) is 44.9 Å².